The molecule has 102 valence electrons. The van der Waals surface area contributed by atoms with Crippen LogP contribution in [-0.4, -0.2) is 20.6 Å². The lowest BCUT2D eigenvalue weighted by Gasteiger charge is -2.17. The van der Waals surface area contributed by atoms with Gasteiger partial charge in [0.05, 0.1) is 11.0 Å². The summed E-state index contributed by atoms with van der Waals surface area (Å²) in [5.74, 6) is -2.49. The van der Waals surface area contributed by atoms with Gasteiger partial charge >= 0.3 is 12.1 Å². The smallest absolute Gasteiger partial charge is 0.449 e. The first-order valence-electron chi connectivity index (χ1n) is 5.63. The van der Waals surface area contributed by atoms with E-state index in [4.69, 9.17) is 5.11 Å². The second-order valence-corrected chi connectivity index (χ2v) is 4.05. The lowest BCUT2D eigenvalue weighted by atomic mass is 10.2. The summed E-state index contributed by atoms with van der Waals surface area (Å²) in [5, 5.41) is 9.08. The highest BCUT2D eigenvalue weighted by Gasteiger charge is 2.40. The van der Waals surface area contributed by atoms with Crippen molar-refractivity contribution in [3.63, 3.8) is 0 Å². The Hall–Kier alpha value is -2.05. The van der Waals surface area contributed by atoms with Gasteiger partial charge in [0.2, 0.25) is 5.82 Å². The normalized spacial score (nSPS) is 13.7. The number of rotatable bonds is 3. The first kappa shape index (κ1) is 13.4. The van der Waals surface area contributed by atoms with E-state index in [-0.39, 0.29) is 17.5 Å². The summed E-state index contributed by atoms with van der Waals surface area (Å²) in [4.78, 5) is 14.6. The number of benzene rings is 1. The van der Waals surface area contributed by atoms with Crippen molar-refractivity contribution in [3.05, 3.63) is 30.1 Å². The Balaban J connectivity index is 2.78. The van der Waals surface area contributed by atoms with Crippen LogP contribution in [0.25, 0.3) is 11.0 Å². The molecule has 19 heavy (non-hydrogen) atoms. The molecule has 1 aromatic heterocycles. The van der Waals surface area contributed by atoms with Gasteiger partial charge in [0.15, 0.2) is 0 Å². The monoisotopic (exact) mass is 272 g/mol. The summed E-state index contributed by atoms with van der Waals surface area (Å²) < 4.78 is 39.7. The van der Waals surface area contributed by atoms with Crippen LogP contribution >= 0.6 is 0 Å². The van der Waals surface area contributed by atoms with Gasteiger partial charge in [-0.05, 0) is 18.6 Å². The van der Waals surface area contributed by atoms with Gasteiger partial charge in [0.1, 0.15) is 6.04 Å². The maximum atomic E-state index is 13.0. The molecule has 0 unspecified atom stereocenters. The van der Waals surface area contributed by atoms with Crippen molar-refractivity contribution in [1.29, 1.82) is 0 Å². The number of alkyl halides is 3. The quantitative estimate of drug-likeness (QED) is 0.934. The summed E-state index contributed by atoms with van der Waals surface area (Å²) in [5.41, 5.74) is 0.304. The zero-order chi connectivity index (χ0) is 14.2. The number of carboxylic acids is 1. The average molecular weight is 272 g/mol. The Labute approximate surface area is 106 Å². The van der Waals surface area contributed by atoms with E-state index >= 15 is 0 Å². The van der Waals surface area contributed by atoms with Crippen molar-refractivity contribution < 1.29 is 23.1 Å². The van der Waals surface area contributed by atoms with E-state index in [1.54, 1.807) is 12.1 Å². The Morgan fingerprint density at radius 2 is 2.05 bits per heavy atom. The molecule has 4 nitrogen and oxygen atoms in total. The number of halogens is 3. The van der Waals surface area contributed by atoms with Gasteiger partial charge in [-0.25, -0.2) is 9.78 Å². The molecule has 1 N–H and O–H groups in total. The molecule has 0 aliphatic heterocycles. The predicted octanol–water partition coefficient (Wildman–Crippen LogP) is 3.09. The Bertz CT molecular complexity index is 619. The van der Waals surface area contributed by atoms with E-state index in [1.165, 1.54) is 19.1 Å². The third kappa shape index (κ3) is 2.27. The van der Waals surface area contributed by atoms with Crippen LogP contribution in [0.5, 0.6) is 0 Å². The van der Waals surface area contributed by atoms with E-state index in [1.807, 2.05) is 0 Å². The summed E-state index contributed by atoms with van der Waals surface area (Å²) in [6, 6.07) is 4.68. The molecule has 1 aromatic carbocycles. The highest BCUT2D eigenvalue weighted by molar-refractivity contribution is 5.80. The molecule has 1 heterocycles. The third-order valence-corrected chi connectivity index (χ3v) is 2.83. The molecule has 2 rings (SSSR count). The van der Waals surface area contributed by atoms with E-state index in [2.05, 4.69) is 4.98 Å². The fourth-order valence-electron chi connectivity index (χ4n) is 2.03. The van der Waals surface area contributed by atoms with Gasteiger partial charge in [0.25, 0.3) is 0 Å². The van der Waals surface area contributed by atoms with Crippen LogP contribution in [0.1, 0.15) is 25.2 Å². The highest BCUT2D eigenvalue weighted by Crippen LogP contribution is 2.34. The van der Waals surface area contributed by atoms with Crippen molar-refractivity contribution >= 4 is 17.0 Å². The van der Waals surface area contributed by atoms with Gasteiger partial charge in [0, 0.05) is 0 Å². The summed E-state index contributed by atoms with van der Waals surface area (Å²) in [7, 11) is 0. The van der Waals surface area contributed by atoms with Crippen molar-refractivity contribution in [2.45, 2.75) is 25.6 Å². The minimum atomic E-state index is -4.69. The van der Waals surface area contributed by atoms with Crippen LogP contribution in [0.15, 0.2) is 24.3 Å². The molecular formula is C12H11F3N2O2. The van der Waals surface area contributed by atoms with E-state index in [9.17, 15) is 18.0 Å². The standard InChI is InChI=1S/C12H11F3N2O2/c1-2-8(10(18)19)17-9-6-4-3-5-7(9)16-11(17)12(13,14)15/h3-6,8H,2H2,1H3,(H,18,19)/t8-/m0/s1. The molecule has 0 aliphatic rings. The maximum Gasteiger partial charge on any atom is 0.449 e. The van der Waals surface area contributed by atoms with E-state index in [0.717, 1.165) is 4.57 Å². The number of nitrogens with zero attached hydrogens (tertiary/aromatic N) is 2. The number of carbonyl (C=O) groups is 1. The van der Waals surface area contributed by atoms with Gasteiger partial charge in [-0.3, -0.25) is 0 Å². The predicted molar refractivity (Wildman–Crippen MR) is 61.7 cm³/mol. The summed E-state index contributed by atoms with van der Waals surface area (Å²) in [6.45, 7) is 1.52. The summed E-state index contributed by atoms with van der Waals surface area (Å²) in [6.07, 6.45) is -4.65. The summed E-state index contributed by atoms with van der Waals surface area (Å²) >= 11 is 0. The number of imidazole rings is 1. The molecule has 0 fully saturated rings. The van der Waals surface area contributed by atoms with Crippen LogP contribution in [0.2, 0.25) is 0 Å². The van der Waals surface area contributed by atoms with Crippen molar-refractivity contribution in [3.8, 4) is 0 Å². The third-order valence-electron chi connectivity index (χ3n) is 2.83. The first-order valence-corrected chi connectivity index (χ1v) is 5.63. The Kier molecular flexibility index (Phi) is 3.21. The van der Waals surface area contributed by atoms with Crippen LogP contribution in [-0.2, 0) is 11.0 Å². The Morgan fingerprint density at radius 3 is 2.58 bits per heavy atom. The van der Waals surface area contributed by atoms with Crippen LogP contribution < -0.4 is 0 Å². The molecule has 2 aromatic rings. The van der Waals surface area contributed by atoms with Gasteiger partial charge in [-0.15, -0.1) is 0 Å². The number of aromatic nitrogens is 2. The van der Waals surface area contributed by atoms with Crippen molar-refractivity contribution in [2.75, 3.05) is 0 Å². The molecule has 0 amide bonds. The SMILES string of the molecule is CC[C@@H](C(=O)O)n1c(C(F)(F)F)nc2ccccc21. The Morgan fingerprint density at radius 1 is 1.42 bits per heavy atom. The van der Waals surface area contributed by atoms with Crippen LogP contribution in [0.4, 0.5) is 13.2 Å². The second kappa shape index (κ2) is 4.56. The minimum Gasteiger partial charge on any atom is -0.480 e. The lowest BCUT2D eigenvalue weighted by Crippen LogP contribution is -2.24. The number of carboxylic acid groups (broad SMARTS) is 1. The lowest BCUT2D eigenvalue weighted by molar-refractivity contribution is -0.151. The molecule has 0 aliphatic carbocycles. The number of aliphatic carboxylic acids is 1. The largest absolute Gasteiger partial charge is 0.480 e. The van der Waals surface area contributed by atoms with Gasteiger partial charge in [-0.1, -0.05) is 19.1 Å². The minimum absolute atomic E-state index is 0.0404. The molecule has 0 saturated carbocycles. The van der Waals surface area contributed by atoms with E-state index in [0.29, 0.717) is 0 Å². The van der Waals surface area contributed by atoms with Crippen molar-refractivity contribution in [1.82, 2.24) is 9.55 Å². The van der Waals surface area contributed by atoms with Crippen LogP contribution in [0.3, 0.4) is 0 Å². The molecule has 1 atom stereocenters. The molecule has 0 saturated heterocycles. The second-order valence-electron chi connectivity index (χ2n) is 4.05. The molecule has 0 bridgehead atoms. The highest BCUT2D eigenvalue weighted by atomic mass is 19.4. The fraction of sp³-hybridized carbons (Fsp3) is 0.333. The molecule has 0 spiro atoms. The molecular weight excluding hydrogens is 261 g/mol. The molecule has 0 radical (unpaired) electrons. The van der Waals surface area contributed by atoms with Crippen LogP contribution in [0, 0.1) is 0 Å². The molecule has 7 heteroatoms. The van der Waals surface area contributed by atoms with E-state index < -0.39 is 24.0 Å². The first-order chi connectivity index (χ1) is 8.86. The number of fused-ring (bicyclic) bond motifs is 1. The fourth-order valence-corrected chi connectivity index (χ4v) is 2.03. The zero-order valence-electron chi connectivity index (χ0n) is 9.98. The average Bonchev–Trinajstić information content (AvgIpc) is 2.69. The number of para-hydroxylation sites is 2. The topological polar surface area (TPSA) is 55.1 Å². The van der Waals surface area contributed by atoms with Gasteiger partial charge < -0.3 is 9.67 Å². The zero-order valence-corrected chi connectivity index (χ0v) is 9.98. The van der Waals surface area contributed by atoms with Gasteiger partial charge in [-0.2, -0.15) is 13.2 Å². The maximum absolute atomic E-state index is 13.0. The number of hydrogen-bond donors (Lipinski definition) is 1. The van der Waals surface area contributed by atoms with Crippen molar-refractivity contribution in [2.24, 2.45) is 0 Å². The number of hydrogen-bond acceptors (Lipinski definition) is 2.